The molecule has 3 fully saturated rings. The zero-order chi connectivity index (χ0) is 25.2. The Bertz CT molecular complexity index is 713. The Labute approximate surface area is 191 Å². The predicted octanol–water partition coefficient (Wildman–Crippen LogP) is -5.62. The molecule has 196 valence electrons. The molecule has 3 aliphatic heterocycles. The summed E-state index contributed by atoms with van der Waals surface area (Å²) in [5, 5.41) is 93.0. The molecule has 17 heteroatoms. The van der Waals surface area contributed by atoms with Gasteiger partial charge < -0.3 is 69.6 Å². The third kappa shape index (κ3) is 5.44. The highest BCUT2D eigenvalue weighted by Gasteiger charge is 2.53. The fourth-order valence-electron chi connectivity index (χ4n) is 3.87. The zero-order valence-electron chi connectivity index (χ0n) is 17.6. The Kier molecular flexibility index (Phi) is 9.37. The summed E-state index contributed by atoms with van der Waals surface area (Å²) < 4.78 is 27.0. The van der Waals surface area contributed by atoms with Crippen molar-refractivity contribution >= 4 is 0 Å². The highest BCUT2D eigenvalue weighted by atomic mass is 16.8. The number of ether oxygens (including phenoxy) is 5. The summed E-state index contributed by atoms with van der Waals surface area (Å²) in [6, 6.07) is 0. The van der Waals surface area contributed by atoms with E-state index in [9.17, 15) is 46.0 Å². The quantitative estimate of drug-likeness (QED) is 0.0855. The van der Waals surface area contributed by atoms with Gasteiger partial charge in [0.25, 0.3) is 0 Å². The molecule has 14 atom stereocenters. The van der Waals surface area contributed by atoms with Gasteiger partial charge in [0.05, 0.1) is 25.9 Å². The fourth-order valence-corrected chi connectivity index (χ4v) is 3.87. The van der Waals surface area contributed by atoms with Gasteiger partial charge in [-0.1, -0.05) is 5.11 Å². The first-order valence-corrected chi connectivity index (χ1v) is 10.4. The minimum absolute atomic E-state index is 0.417. The third-order valence-corrected chi connectivity index (χ3v) is 5.88. The molecule has 34 heavy (non-hydrogen) atoms. The highest BCUT2D eigenvalue weighted by molar-refractivity contribution is 4.95. The number of nitrogens with zero attached hydrogens (tertiary/aromatic N) is 3. The summed E-state index contributed by atoms with van der Waals surface area (Å²) in [6.07, 6.45) is -22.4. The van der Waals surface area contributed by atoms with E-state index in [0.717, 1.165) is 0 Å². The molecule has 0 unspecified atom stereocenters. The molecule has 17 nitrogen and oxygen atoms in total. The molecule has 3 saturated heterocycles. The fraction of sp³-hybridized carbons (Fsp3) is 1.00. The third-order valence-electron chi connectivity index (χ3n) is 5.88. The zero-order valence-corrected chi connectivity index (χ0v) is 17.6. The molecule has 0 aromatic carbocycles. The first kappa shape index (κ1) is 27.3. The largest absolute Gasteiger partial charge is 0.394 e. The van der Waals surface area contributed by atoms with Crippen molar-refractivity contribution in [1.29, 1.82) is 0 Å². The minimum Gasteiger partial charge on any atom is -0.394 e. The van der Waals surface area contributed by atoms with Gasteiger partial charge in [-0.15, -0.1) is 0 Å². The van der Waals surface area contributed by atoms with Crippen LogP contribution in [-0.2, 0) is 23.7 Å². The van der Waals surface area contributed by atoms with Gasteiger partial charge in [-0.2, -0.15) is 0 Å². The van der Waals surface area contributed by atoms with Crippen molar-refractivity contribution in [3.8, 4) is 0 Å². The molecular formula is C17H29N3O14. The van der Waals surface area contributed by atoms with Crippen LogP contribution in [0.15, 0.2) is 5.11 Å². The van der Waals surface area contributed by atoms with Gasteiger partial charge in [0, 0.05) is 4.91 Å². The molecule has 0 saturated carbocycles. The highest BCUT2D eigenvalue weighted by Crippen LogP contribution is 2.32. The normalized spacial score (nSPS) is 49.6. The van der Waals surface area contributed by atoms with E-state index in [1.807, 2.05) is 0 Å². The van der Waals surface area contributed by atoms with Crippen molar-refractivity contribution in [2.75, 3.05) is 19.8 Å². The maximum absolute atomic E-state index is 10.5. The first-order chi connectivity index (χ1) is 16.1. The molecule has 3 rings (SSSR count). The van der Waals surface area contributed by atoms with E-state index >= 15 is 0 Å². The Morgan fingerprint density at radius 1 is 0.618 bits per heavy atom. The number of hydrogen-bond acceptors (Lipinski definition) is 15. The van der Waals surface area contributed by atoms with E-state index in [2.05, 4.69) is 10.0 Å². The van der Waals surface area contributed by atoms with Crippen LogP contribution < -0.4 is 0 Å². The smallest absolute Gasteiger partial charge is 0.190 e. The number of azide groups is 1. The lowest BCUT2D eigenvalue weighted by molar-refractivity contribution is -0.358. The summed E-state index contributed by atoms with van der Waals surface area (Å²) in [4.78, 5) is 2.53. The van der Waals surface area contributed by atoms with Crippen molar-refractivity contribution in [3.05, 3.63) is 10.4 Å². The molecule has 9 N–H and O–H groups in total. The Morgan fingerprint density at radius 2 is 1.09 bits per heavy atom. The van der Waals surface area contributed by atoms with Gasteiger partial charge in [0.15, 0.2) is 18.9 Å². The Hall–Kier alpha value is -1.25. The van der Waals surface area contributed by atoms with Crippen LogP contribution in [0.25, 0.3) is 10.4 Å². The summed E-state index contributed by atoms with van der Waals surface area (Å²) in [5.41, 5.74) is 8.47. The Morgan fingerprint density at radius 3 is 1.65 bits per heavy atom. The van der Waals surface area contributed by atoms with E-state index in [4.69, 9.17) is 29.2 Å². The van der Waals surface area contributed by atoms with Crippen molar-refractivity contribution in [1.82, 2.24) is 0 Å². The molecule has 0 spiro atoms. The lowest BCUT2D eigenvalue weighted by Gasteiger charge is -2.42. The van der Waals surface area contributed by atoms with Gasteiger partial charge in [0.2, 0.25) is 0 Å². The lowest BCUT2D eigenvalue weighted by Crippen LogP contribution is -2.61. The summed E-state index contributed by atoms with van der Waals surface area (Å²) in [5.74, 6) is 0. The van der Waals surface area contributed by atoms with Gasteiger partial charge >= 0.3 is 0 Å². The van der Waals surface area contributed by atoms with E-state index in [1.165, 1.54) is 0 Å². The second-order valence-electron chi connectivity index (χ2n) is 8.08. The maximum atomic E-state index is 10.5. The second-order valence-corrected chi connectivity index (χ2v) is 8.08. The molecular weight excluding hydrogens is 470 g/mol. The van der Waals surface area contributed by atoms with Crippen LogP contribution in [-0.4, -0.2) is 152 Å². The van der Waals surface area contributed by atoms with Crippen molar-refractivity contribution in [2.24, 2.45) is 5.11 Å². The minimum atomic E-state index is -1.82. The summed E-state index contributed by atoms with van der Waals surface area (Å²) in [7, 11) is 0. The van der Waals surface area contributed by atoms with Crippen LogP contribution in [0.2, 0.25) is 0 Å². The van der Waals surface area contributed by atoms with E-state index < -0.39 is 106 Å². The first-order valence-electron chi connectivity index (χ1n) is 10.4. The standard InChI is InChI=1S/C17H29N3O14/c18-20-19-1-4-7(23)10(26)13(29)16(30-4)34-17-14(9(25)6(3-22)32-17)33-15-12(28)11(27)8(24)5(2-21)31-15/h4-17,21-29H,1-3H2/t4-,5-,6-,7-,8-,9-,10+,11+,12-,13-,14+,15+,16-,17+/m1/s1. The van der Waals surface area contributed by atoms with Crippen LogP contribution in [0.1, 0.15) is 0 Å². The van der Waals surface area contributed by atoms with Crippen LogP contribution in [0.3, 0.4) is 0 Å². The lowest BCUT2D eigenvalue weighted by atomic mass is 9.99. The molecule has 0 aromatic heterocycles. The molecule has 3 heterocycles. The van der Waals surface area contributed by atoms with Crippen molar-refractivity contribution in [3.63, 3.8) is 0 Å². The van der Waals surface area contributed by atoms with Crippen molar-refractivity contribution < 1.29 is 69.6 Å². The van der Waals surface area contributed by atoms with Gasteiger partial charge in [-0.05, 0) is 5.53 Å². The Balaban J connectivity index is 1.76. The molecule has 0 amide bonds. The van der Waals surface area contributed by atoms with Gasteiger partial charge in [0.1, 0.15) is 61.0 Å². The monoisotopic (exact) mass is 499 g/mol. The summed E-state index contributed by atoms with van der Waals surface area (Å²) >= 11 is 0. The van der Waals surface area contributed by atoms with Crippen LogP contribution in [0, 0.1) is 0 Å². The molecule has 0 aromatic rings. The van der Waals surface area contributed by atoms with Gasteiger partial charge in [-0.25, -0.2) is 0 Å². The number of hydrogen-bond donors (Lipinski definition) is 9. The van der Waals surface area contributed by atoms with Crippen LogP contribution in [0.4, 0.5) is 0 Å². The maximum Gasteiger partial charge on any atom is 0.190 e. The molecule has 0 radical (unpaired) electrons. The SMILES string of the molecule is [N-]=[N+]=NC[C@H]1O[C@H](O[C@@H]2O[C@H](CO)[C@@H](O)[C@@H]2O[C@@H]2O[C@H](CO)[C@@H](O)[C@H](O)[C@H]2O)[C@H](O)[C@@H](O)[C@@H]1O. The molecule has 3 aliphatic rings. The van der Waals surface area contributed by atoms with E-state index in [-0.39, 0.29) is 0 Å². The molecule has 0 bridgehead atoms. The molecule has 0 aliphatic carbocycles. The average Bonchev–Trinajstić information content (AvgIpc) is 3.12. The number of aliphatic hydroxyl groups is 9. The predicted molar refractivity (Wildman–Crippen MR) is 102 cm³/mol. The van der Waals surface area contributed by atoms with E-state index in [1.54, 1.807) is 0 Å². The topological polar surface area (TPSA) is 277 Å². The second kappa shape index (κ2) is 11.7. The average molecular weight is 499 g/mol. The van der Waals surface area contributed by atoms with Crippen molar-refractivity contribution in [2.45, 2.75) is 86.0 Å². The number of aliphatic hydroxyl groups excluding tert-OH is 9. The van der Waals surface area contributed by atoms with Crippen LogP contribution in [0.5, 0.6) is 0 Å². The van der Waals surface area contributed by atoms with Gasteiger partial charge in [-0.3, -0.25) is 0 Å². The number of rotatable bonds is 8. The van der Waals surface area contributed by atoms with E-state index in [0.29, 0.717) is 0 Å². The summed E-state index contributed by atoms with van der Waals surface area (Å²) in [6.45, 7) is -1.85. The van der Waals surface area contributed by atoms with Crippen LogP contribution >= 0.6 is 0 Å².